The number of rotatable bonds is 5. The van der Waals surface area contributed by atoms with Crippen molar-refractivity contribution in [2.45, 2.75) is 50.1 Å². The third kappa shape index (κ3) is 3.90. The van der Waals surface area contributed by atoms with Gasteiger partial charge in [0.2, 0.25) is 0 Å². The normalized spacial score (nSPS) is 17.5. The number of nitrogens with zero attached hydrogens (tertiary/aromatic N) is 1. The van der Waals surface area contributed by atoms with Gasteiger partial charge in [-0.15, -0.1) is 0 Å². The van der Waals surface area contributed by atoms with Crippen molar-refractivity contribution in [1.29, 1.82) is 5.26 Å². The molecule has 136 valence electrons. The molecule has 2 atom stereocenters. The van der Waals surface area contributed by atoms with E-state index >= 15 is 0 Å². The van der Waals surface area contributed by atoms with Crippen LogP contribution < -0.4 is 4.72 Å². The standard InChI is InChI=1S/C10H11F9N2OS/c1-6(2,3)5(4-20)21-23(22)10(18,19)8(13,14)7(11,12)9(15,16)17/h5,21H,1-3H3/t5-,23-/m0/s1. The van der Waals surface area contributed by atoms with Crippen LogP contribution in [0.1, 0.15) is 20.8 Å². The predicted molar refractivity (Wildman–Crippen MR) is 61.0 cm³/mol. The number of hydrogen-bond acceptors (Lipinski definition) is 2. The molecule has 0 heterocycles. The highest BCUT2D eigenvalue weighted by Gasteiger charge is 2.83. The first-order chi connectivity index (χ1) is 9.84. The molecule has 0 aromatic carbocycles. The van der Waals surface area contributed by atoms with Gasteiger partial charge in [-0.1, -0.05) is 20.8 Å². The molecule has 13 heteroatoms. The lowest BCUT2D eigenvalue weighted by Crippen LogP contribution is -2.64. The van der Waals surface area contributed by atoms with Crippen LogP contribution in [0.4, 0.5) is 39.5 Å². The van der Waals surface area contributed by atoms with Gasteiger partial charge in [0.1, 0.15) is 6.04 Å². The lowest BCUT2D eigenvalue weighted by atomic mass is 9.88. The van der Waals surface area contributed by atoms with E-state index in [0.717, 1.165) is 4.72 Å². The molecule has 0 rings (SSSR count). The highest BCUT2D eigenvalue weighted by Crippen LogP contribution is 2.53. The monoisotopic (exact) mass is 378 g/mol. The molecule has 0 aliphatic rings. The maximum absolute atomic E-state index is 13.3. The van der Waals surface area contributed by atoms with Crippen molar-refractivity contribution in [2.75, 3.05) is 0 Å². The van der Waals surface area contributed by atoms with Gasteiger partial charge in [-0.05, 0) is 5.41 Å². The maximum atomic E-state index is 13.3. The fourth-order valence-corrected chi connectivity index (χ4v) is 2.18. The average Bonchev–Trinajstić information content (AvgIpc) is 2.31. The molecule has 0 spiro atoms. The fraction of sp³-hybridized carbons (Fsp3) is 0.900. The summed E-state index contributed by atoms with van der Waals surface area (Å²) in [6, 6.07) is -0.514. The van der Waals surface area contributed by atoms with Crippen molar-refractivity contribution >= 4 is 11.0 Å². The summed E-state index contributed by atoms with van der Waals surface area (Å²) < 4.78 is 126. The third-order valence-electron chi connectivity index (χ3n) is 2.57. The predicted octanol–water partition coefficient (Wildman–Crippen LogP) is 3.60. The van der Waals surface area contributed by atoms with Crippen LogP contribution in [0.25, 0.3) is 0 Å². The van der Waals surface area contributed by atoms with Crippen LogP contribution in [-0.4, -0.2) is 33.5 Å². The van der Waals surface area contributed by atoms with Gasteiger partial charge in [0, 0.05) is 0 Å². The molecule has 0 saturated carbocycles. The van der Waals surface area contributed by atoms with Gasteiger partial charge >= 0.3 is 23.3 Å². The third-order valence-corrected chi connectivity index (χ3v) is 3.74. The summed E-state index contributed by atoms with van der Waals surface area (Å²) in [5.41, 5.74) is -1.25. The van der Waals surface area contributed by atoms with Crippen LogP contribution >= 0.6 is 0 Å². The smallest absolute Gasteiger partial charge is 0.236 e. The first-order valence-electron chi connectivity index (χ1n) is 5.62. The Morgan fingerprint density at radius 2 is 1.30 bits per heavy atom. The number of nitrogens with one attached hydrogen (secondary N) is 1. The molecule has 23 heavy (non-hydrogen) atoms. The topological polar surface area (TPSA) is 52.9 Å². The van der Waals surface area contributed by atoms with E-state index in [1.807, 2.05) is 0 Å². The van der Waals surface area contributed by atoms with E-state index in [9.17, 15) is 43.7 Å². The van der Waals surface area contributed by atoms with Gasteiger partial charge in [-0.25, -0.2) is 8.93 Å². The van der Waals surface area contributed by atoms with Crippen LogP contribution in [0, 0.1) is 16.7 Å². The highest BCUT2D eigenvalue weighted by atomic mass is 32.2. The second-order valence-corrected chi connectivity index (χ2v) is 6.76. The van der Waals surface area contributed by atoms with Gasteiger partial charge in [0.15, 0.2) is 11.0 Å². The van der Waals surface area contributed by atoms with E-state index in [0.29, 0.717) is 0 Å². The Labute approximate surface area is 127 Å². The van der Waals surface area contributed by atoms with Crippen LogP contribution in [0.2, 0.25) is 0 Å². The Balaban J connectivity index is 5.72. The molecule has 0 saturated heterocycles. The molecule has 0 aromatic rings. The summed E-state index contributed by atoms with van der Waals surface area (Å²) in [5.74, 6) is -14.1. The first-order valence-corrected chi connectivity index (χ1v) is 6.77. The van der Waals surface area contributed by atoms with Crippen LogP contribution in [0.5, 0.6) is 0 Å². The number of alkyl halides is 9. The van der Waals surface area contributed by atoms with Crippen molar-refractivity contribution in [3.8, 4) is 6.07 Å². The van der Waals surface area contributed by atoms with Crippen LogP contribution in [-0.2, 0) is 11.0 Å². The summed E-state index contributed by atoms with van der Waals surface area (Å²) in [7, 11) is -4.39. The summed E-state index contributed by atoms with van der Waals surface area (Å²) in [6.07, 6.45) is -7.00. The van der Waals surface area contributed by atoms with Crippen molar-refractivity contribution in [2.24, 2.45) is 5.41 Å². The van der Waals surface area contributed by atoms with Gasteiger partial charge in [-0.3, -0.25) is 0 Å². The van der Waals surface area contributed by atoms with Gasteiger partial charge in [0.25, 0.3) is 0 Å². The number of hydrogen-bond donors (Lipinski definition) is 1. The second-order valence-electron chi connectivity index (χ2n) is 5.48. The molecule has 0 unspecified atom stereocenters. The zero-order valence-corrected chi connectivity index (χ0v) is 12.6. The van der Waals surface area contributed by atoms with Gasteiger partial charge < -0.3 is 0 Å². The fourth-order valence-electron chi connectivity index (χ4n) is 1.06. The van der Waals surface area contributed by atoms with Crippen LogP contribution in [0.3, 0.4) is 0 Å². The second kappa shape index (κ2) is 6.12. The Kier molecular flexibility index (Phi) is 5.84. The molecule has 0 amide bonds. The highest BCUT2D eigenvalue weighted by molar-refractivity contribution is 7.84. The minimum atomic E-state index is -7.13. The minimum Gasteiger partial charge on any atom is -0.236 e. The lowest BCUT2D eigenvalue weighted by molar-refractivity contribution is -0.381. The molecule has 0 aromatic heterocycles. The quantitative estimate of drug-likeness (QED) is 0.744. The molecule has 0 bridgehead atoms. The Morgan fingerprint density at radius 1 is 0.913 bits per heavy atom. The molecule has 0 aliphatic heterocycles. The molecule has 1 N–H and O–H groups in total. The zero-order valence-electron chi connectivity index (χ0n) is 11.7. The maximum Gasteiger partial charge on any atom is 0.460 e. The SMILES string of the molecule is CC(C)(C)[C@H](C#N)N[S@@](=O)C(F)(F)C(F)(F)C(F)(F)C(F)(F)F. The minimum absolute atomic E-state index is 1.16. The average molecular weight is 378 g/mol. The molecule has 0 radical (unpaired) electrons. The van der Waals surface area contributed by atoms with Gasteiger partial charge in [-0.2, -0.15) is 44.8 Å². The van der Waals surface area contributed by atoms with E-state index in [-0.39, 0.29) is 0 Å². The number of halogens is 9. The Hall–Kier alpha value is -1.03. The molecule has 0 aliphatic carbocycles. The van der Waals surface area contributed by atoms with Crippen molar-refractivity contribution < 1.29 is 43.7 Å². The molecular formula is C10H11F9N2OS. The van der Waals surface area contributed by atoms with E-state index in [2.05, 4.69) is 0 Å². The largest absolute Gasteiger partial charge is 0.460 e. The van der Waals surface area contributed by atoms with Gasteiger partial charge in [0.05, 0.1) is 6.07 Å². The zero-order chi connectivity index (χ0) is 19.1. The summed E-state index contributed by atoms with van der Waals surface area (Å²) >= 11 is 0. The van der Waals surface area contributed by atoms with Crippen molar-refractivity contribution in [1.82, 2.24) is 4.72 Å². The first kappa shape index (κ1) is 22.0. The Bertz CT molecular complexity index is 504. The van der Waals surface area contributed by atoms with Crippen molar-refractivity contribution in [3.63, 3.8) is 0 Å². The van der Waals surface area contributed by atoms with E-state index < -0.39 is 45.7 Å². The Morgan fingerprint density at radius 3 is 1.57 bits per heavy atom. The van der Waals surface area contributed by atoms with E-state index in [4.69, 9.17) is 5.26 Å². The van der Waals surface area contributed by atoms with E-state index in [1.54, 1.807) is 0 Å². The summed E-state index contributed by atoms with van der Waals surface area (Å²) in [5, 5.41) is 2.36. The molecule has 3 nitrogen and oxygen atoms in total. The summed E-state index contributed by atoms with van der Waals surface area (Å²) in [6.45, 7) is 3.68. The van der Waals surface area contributed by atoms with Crippen LogP contribution in [0.15, 0.2) is 0 Å². The molecular weight excluding hydrogens is 367 g/mol. The van der Waals surface area contributed by atoms with E-state index in [1.165, 1.54) is 26.8 Å². The molecule has 0 fully saturated rings. The van der Waals surface area contributed by atoms with Crippen molar-refractivity contribution in [3.05, 3.63) is 0 Å². The summed E-state index contributed by atoms with van der Waals surface area (Å²) in [4.78, 5) is 0. The lowest BCUT2D eigenvalue weighted by Gasteiger charge is -2.34. The number of nitriles is 1.